The van der Waals surface area contributed by atoms with E-state index < -0.39 is 11.6 Å². The van der Waals surface area contributed by atoms with Crippen LogP contribution >= 0.6 is 0 Å². The number of hydrogen-bond donors (Lipinski definition) is 1. The lowest BCUT2D eigenvalue weighted by Crippen LogP contribution is -2.23. The van der Waals surface area contributed by atoms with Gasteiger partial charge in [-0.05, 0) is 12.1 Å². The first-order chi connectivity index (χ1) is 7.19. The van der Waals surface area contributed by atoms with Crippen molar-refractivity contribution in [2.75, 3.05) is 7.05 Å². The van der Waals surface area contributed by atoms with E-state index in [9.17, 15) is 8.78 Å². The van der Waals surface area contributed by atoms with Gasteiger partial charge in [-0.1, -0.05) is 13.0 Å². The summed E-state index contributed by atoms with van der Waals surface area (Å²) in [4.78, 5) is 3.94. The van der Waals surface area contributed by atoms with E-state index in [1.54, 1.807) is 7.05 Å². The SMILES string of the molecule is CCC(=NC)NCc1c(F)cccc1F. The molecule has 0 radical (unpaired) electrons. The van der Waals surface area contributed by atoms with Crippen molar-refractivity contribution in [3.05, 3.63) is 35.4 Å². The molecule has 0 atom stereocenters. The second kappa shape index (κ2) is 5.44. The number of benzene rings is 1. The molecule has 0 heterocycles. The van der Waals surface area contributed by atoms with E-state index in [4.69, 9.17) is 0 Å². The quantitative estimate of drug-likeness (QED) is 0.604. The van der Waals surface area contributed by atoms with E-state index >= 15 is 0 Å². The molecule has 0 fully saturated rings. The Morgan fingerprint density at radius 2 is 1.93 bits per heavy atom. The van der Waals surface area contributed by atoms with Crippen LogP contribution in [0.4, 0.5) is 8.78 Å². The summed E-state index contributed by atoms with van der Waals surface area (Å²) < 4.78 is 26.4. The van der Waals surface area contributed by atoms with Crippen LogP contribution in [0.1, 0.15) is 18.9 Å². The zero-order valence-electron chi connectivity index (χ0n) is 8.85. The minimum absolute atomic E-state index is 0.0482. The van der Waals surface area contributed by atoms with Gasteiger partial charge in [0.2, 0.25) is 0 Å². The Bertz CT molecular complexity index is 341. The van der Waals surface area contributed by atoms with Crippen molar-refractivity contribution in [2.24, 2.45) is 4.99 Å². The van der Waals surface area contributed by atoms with Crippen LogP contribution in [-0.2, 0) is 6.54 Å². The molecule has 4 heteroatoms. The lowest BCUT2D eigenvalue weighted by molar-refractivity contribution is 0.551. The molecule has 82 valence electrons. The van der Waals surface area contributed by atoms with Crippen molar-refractivity contribution in [2.45, 2.75) is 19.9 Å². The molecule has 1 N–H and O–H groups in total. The second-order valence-electron chi connectivity index (χ2n) is 3.08. The highest BCUT2D eigenvalue weighted by molar-refractivity contribution is 5.81. The number of hydrogen-bond acceptors (Lipinski definition) is 1. The van der Waals surface area contributed by atoms with Gasteiger partial charge in [0.1, 0.15) is 11.6 Å². The van der Waals surface area contributed by atoms with E-state index in [0.717, 1.165) is 5.84 Å². The van der Waals surface area contributed by atoms with Crippen molar-refractivity contribution < 1.29 is 8.78 Å². The van der Waals surface area contributed by atoms with E-state index in [0.29, 0.717) is 6.42 Å². The van der Waals surface area contributed by atoms with Gasteiger partial charge in [0.25, 0.3) is 0 Å². The Balaban J connectivity index is 2.73. The molecule has 0 aliphatic heterocycles. The highest BCUT2D eigenvalue weighted by atomic mass is 19.1. The minimum atomic E-state index is -0.533. The predicted octanol–water partition coefficient (Wildman–Crippen LogP) is 2.49. The summed E-state index contributed by atoms with van der Waals surface area (Å²) in [6, 6.07) is 3.84. The van der Waals surface area contributed by atoms with Crippen LogP contribution in [0.3, 0.4) is 0 Å². The molecule has 0 saturated heterocycles. The Hall–Kier alpha value is -1.45. The van der Waals surface area contributed by atoms with Crippen molar-refractivity contribution in [3.63, 3.8) is 0 Å². The predicted molar refractivity (Wildman–Crippen MR) is 56.8 cm³/mol. The lowest BCUT2D eigenvalue weighted by atomic mass is 10.2. The molecular weight excluding hydrogens is 198 g/mol. The van der Waals surface area contributed by atoms with Crippen LogP contribution in [0.25, 0.3) is 0 Å². The van der Waals surface area contributed by atoms with Crippen LogP contribution < -0.4 is 5.32 Å². The van der Waals surface area contributed by atoms with Gasteiger partial charge < -0.3 is 5.32 Å². The van der Waals surface area contributed by atoms with Crippen LogP contribution in [-0.4, -0.2) is 12.9 Å². The fourth-order valence-electron chi connectivity index (χ4n) is 1.25. The molecule has 2 nitrogen and oxygen atoms in total. The van der Waals surface area contributed by atoms with Crippen LogP contribution in [0.15, 0.2) is 23.2 Å². The average molecular weight is 212 g/mol. The highest BCUT2D eigenvalue weighted by Crippen LogP contribution is 2.11. The number of nitrogens with one attached hydrogen (secondary N) is 1. The Labute approximate surface area is 88.0 Å². The van der Waals surface area contributed by atoms with E-state index in [1.165, 1.54) is 18.2 Å². The van der Waals surface area contributed by atoms with Gasteiger partial charge in [0.15, 0.2) is 0 Å². The number of nitrogens with zero attached hydrogens (tertiary/aromatic N) is 1. The summed E-state index contributed by atoms with van der Waals surface area (Å²) >= 11 is 0. The van der Waals surface area contributed by atoms with Gasteiger partial charge >= 0.3 is 0 Å². The second-order valence-corrected chi connectivity index (χ2v) is 3.08. The summed E-state index contributed by atoms with van der Waals surface area (Å²) in [5.74, 6) is -0.333. The molecule has 1 aromatic carbocycles. The van der Waals surface area contributed by atoms with E-state index in [-0.39, 0.29) is 12.1 Å². The lowest BCUT2D eigenvalue weighted by Gasteiger charge is -2.08. The number of rotatable bonds is 3. The fourth-order valence-corrected chi connectivity index (χ4v) is 1.25. The van der Waals surface area contributed by atoms with E-state index in [2.05, 4.69) is 10.3 Å². The first-order valence-corrected chi connectivity index (χ1v) is 4.81. The number of aliphatic imine (C=N–C) groups is 1. The van der Waals surface area contributed by atoms with Crippen molar-refractivity contribution in [1.82, 2.24) is 5.32 Å². The van der Waals surface area contributed by atoms with E-state index in [1.807, 2.05) is 6.92 Å². The van der Waals surface area contributed by atoms with Crippen molar-refractivity contribution in [1.29, 1.82) is 0 Å². The van der Waals surface area contributed by atoms with Gasteiger partial charge in [0, 0.05) is 25.6 Å². The average Bonchev–Trinajstić information content (AvgIpc) is 2.23. The van der Waals surface area contributed by atoms with Gasteiger partial charge in [-0.25, -0.2) is 8.78 Å². The Morgan fingerprint density at radius 3 is 2.40 bits per heavy atom. The zero-order valence-corrected chi connectivity index (χ0v) is 8.85. The van der Waals surface area contributed by atoms with Crippen molar-refractivity contribution in [3.8, 4) is 0 Å². The third kappa shape index (κ3) is 3.01. The molecule has 0 aromatic heterocycles. The minimum Gasteiger partial charge on any atom is -0.370 e. The van der Waals surface area contributed by atoms with Gasteiger partial charge in [-0.2, -0.15) is 0 Å². The maximum atomic E-state index is 13.2. The first kappa shape index (κ1) is 11.6. The monoisotopic (exact) mass is 212 g/mol. The van der Waals surface area contributed by atoms with Crippen LogP contribution in [0, 0.1) is 11.6 Å². The summed E-state index contributed by atoms with van der Waals surface area (Å²) in [5, 5.41) is 2.89. The first-order valence-electron chi connectivity index (χ1n) is 4.81. The molecule has 15 heavy (non-hydrogen) atoms. The third-order valence-corrected chi connectivity index (χ3v) is 2.14. The molecule has 1 rings (SSSR count). The molecule has 0 aliphatic carbocycles. The van der Waals surface area contributed by atoms with Crippen molar-refractivity contribution >= 4 is 5.84 Å². The van der Waals surface area contributed by atoms with Crippen LogP contribution in [0.2, 0.25) is 0 Å². The smallest absolute Gasteiger partial charge is 0.131 e. The molecular formula is C11H14F2N2. The molecule has 0 unspecified atom stereocenters. The Morgan fingerprint density at radius 1 is 1.33 bits per heavy atom. The molecule has 0 amide bonds. The molecule has 1 aromatic rings. The summed E-state index contributed by atoms with van der Waals surface area (Å²) in [5.41, 5.74) is 0.0482. The molecule has 0 aliphatic rings. The Kier molecular flexibility index (Phi) is 4.21. The topological polar surface area (TPSA) is 24.4 Å². The van der Waals surface area contributed by atoms with Gasteiger partial charge in [-0.3, -0.25) is 4.99 Å². The number of halogens is 2. The molecule has 0 spiro atoms. The summed E-state index contributed by atoms with van der Waals surface area (Å²) in [6.07, 6.45) is 0.715. The van der Waals surface area contributed by atoms with Gasteiger partial charge in [-0.15, -0.1) is 0 Å². The standard InChI is InChI=1S/C11H14F2N2/c1-3-11(14-2)15-7-8-9(12)5-4-6-10(8)13/h4-6H,3,7H2,1-2H3,(H,14,15). The maximum absolute atomic E-state index is 13.2. The molecule has 0 saturated carbocycles. The fraction of sp³-hybridized carbons (Fsp3) is 0.364. The third-order valence-electron chi connectivity index (χ3n) is 2.14. The van der Waals surface area contributed by atoms with Gasteiger partial charge in [0.05, 0.1) is 5.84 Å². The largest absolute Gasteiger partial charge is 0.370 e. The number of amidine groups is 1. The highest BCUT2D eigenvalue weighted by Gasteiger charge is 2.07. The maximum Gasteiger partial charge on any atom is 0.131 e. The molecule has 0 bridgehead atoms. The van der Waals surface area contributed by atoms with Crippen LogP contribution in [0.5, 0.6) is 0 Å². The summed E-state index contributed by atoms with van der Waals surface area (Å²) in [6.45, 7) is 2.05. The normalized spacial score (nSPS) is 11.6. The zero-order chi connectivity index (χ0) is 11.3. The summed E-state index contributed by atoms with van der Waals surface area (Å²) in [7, 11) is 1.64.